The molecule has 0 aliphatic rings. The minimum absolute atomic E-state index is 0. The molecule has 0 unspecified atom stereocenters. The van der Waals surface area contributed by atoms with Crippen molar-refractivity contribution in [2.45, 2.75) is 0 Å². The summed E-state index contributed by atoms with van der Waals surface area (Å²) in [4.78, 5) is 0. The molecule has 0 rings (SSSR count). The van der Waals surface area contributed by atoms with Crippen molar-refractivity contribution in [3.8, 4) is 0 Å². The molecule has 0 atom stereocenters. The molecule has 0 amide bonds. The zero-order chi connectivity index (χ0) is 0. The van der Waals surface area contributed by atoms with E-state index in [2.05, 4.69) is 0 Å². The van der Waals surface area contributed by atoms with Crippen LogP contribution in [0.3, 0.4) is 0 Å². The van der Waals surface area contributed by atoms with Gasteiger partial charge in [-0.05, 0) is 0 Å². The van der Waals surface area contributed by atoms with Crippen molar-refractivity contribution in [2.75, 3.05) is 0 Å². The summed E-state index contributed by atoms with van der Waals surface area (Å²) < 4.78 is 0. The molecule has 0 aliphatic heterocycles. The van der Waals surface area contributed by atoms with Crippen LogP contribution in [0.15, 0.2) is 0 Å². The standard InChI is InChI=1S/2Al.7O.2Ti/q2*+3;7*-2;2*+4. The van der Waals surface area contributed by atoms with Crippen LogP contribution in [0.5, 0.6) is 0 Å². The molecule has 0 bridgehead atoms. The third kappa shape index (κ3) is 260. The molecule has 0 spiro atoms. The molecule has 0 aromatic carbocycles. The molecule has 0 aliphatic carbocycles. The molecule has 0 saturated heterocycles. The van der Waals surface area contributed by atoms with Gasteiger partial charge in [0.2, 0.25) is 0 Å². The average Bonchev–Trinajstić information content (AvgIpc) is 0. The second-order valence-corrected chi connectivity index (χ2v) is 0. The van der Waals surface area contributed by atoms with E-state index in [0.717, 1.165) is 0 Å². The van der Waals surface area contributed by atoms with E-state index in [1.165, 1.54) is 0 Å². The van der Waals surface area contributed by atoms with Gasteiger partial charge in [0, 0.05) is 0 Å². The summed E-state index contributed by atoms with van der Waals surface area (Å²) in [6.45, 7) is 0. The molecule has 11 heteroatoms. The Labute approximate surface area is 115 Å². The van der Waals surface area contributed by atoms with E-state index in [1.54, 1.807) is 0 Å². The van der Waals surface area contributed by atoms with Gasteiger partial charge in [-0.15, -0.1) is 0 Å². The van der Waals surface area contributed by atoms with Crippen LogP contribution in [0.1, 0.15) is 0 Å². The first-order valence-electron chi connectivity index (χ1n) is 0. The van der Waals surface area contributed by atoms with Crippen LogP contribution >= 0.6 is 0 Å². The maximum atomic E-state index is 0. The van der Waals surface area contributed by atoms with Crippen molar-refractivity contribution >= 4 is 34.7 Å². The second-order valence-electron chi connectivity index (χ2n) is 0. The molecular formula is Al2O7Ti2. The van der Waals surface area contributed by atoms with E-state index >= 15 is 0 Å². The van der Waals surface area contributed by atoms with Crippen molar-refractivity contribution in [2.24, 2.45) is 0 Å². The summed E-state index contributed by atoms with van der Waals surface area (Å²) in [5, 5.41) is 0. The van der Waals surface area contributed by atoms with Crippen molar-refractivity contribution in [1.29, 1.82) is 0 Å². The predicted molar refractivity (Wildman–Crippen MR) is 16.3 cm³/mol. The zero-order valence-corrected chi connectivity index (χ0v) is 10.4. The molecule has 0 heterocycles. The molecule has 0 aromatic heterocycles. The third-order valence-electron chi connectivity index (χ3n) is 0. The minimum Gasteiger partial charge on any atom is -2.00 e. The van der Waals surface area contributed by atoms with Gasteiger partial charge in [0.15, 0.2) is 0 Å². The number of hydrogen-bond acceptors (Lipinski definition) is 0. The van der Waals surface area contributed by atoms with Crippen molar-refractivity contribution < 1.29 is 81.8 Å². The first kappa shape index (κ1) is 402. The van der Waals surface area contributed by atoms with E-state index in [9.17, 15) is 0 Å². The molecule has 0 radical (unpaired) electrons. The van der Waals surface area contributed by atoms with Crippen LogP contribution in [0.4, 0.5) is 0 Å². The number of rotatable bonds is 0. The van der Waals surface area contributed by atoms with E-state index in [4.69, 9.17) is 0 Å². The van der Waals surface area contributed by atoms with Crippen molar-refractivity contribution in [3.05, 3.63) is 0 Å². The summed E-state index contributed by atoms with van der Waals surface area (Å²) in [6, 6.07) is 0. The van der Waals surface area contributed by atoms with Gasteiger partial charge >= 0.3 is 78.2 Å². The minimum atomic E-state index is 0. The smallest absolute Gasteiger partial charge is 2.00 e. The second kappa shape index (κ2) is 313. The molecular weight excluding hydrogens is 262 g/mol. The molecule has 56 valence electrons. The monoisotopic (exact) mass is 262 g/mol. The van der Waals surface area contributed by atoms with E-state index in [1.807, 2.05) is 0 Å². The van der Waals surface area contributed by atoms with Gasteiger partial charge < -0.3 is 38.3 Å². The van der Waals surface area contributed by atoms with Gasteiger partial charge in [0.25, 0.3) is 0 Å². The Morgan fingerprint density at radius 1 is 0.273 bits per heavy atom. The first-order valence-corrected chi connectivity index (χ1v) is 0. The Bertz CT molecular complexity index is 14.4. The molecule has 0 aromatic rings. The zero-order valence-electron chi connectivity index (χ0n) is 5.01. The van der Waals surface area contributed by atoms with Crippen molar-refractivity contribution in [1.82, 2.24) is 0 Å². The Hall–Kier alpha value is 2.21. The summed E-state index contributed by atoms with van der Waals surface area (Å²) in [5.41, 5.74) is 0. The Balaban J connectivity index is 0. The van der Waals surface area contributed by atoms with Gasteiger partial charge in [-0.25, -0.2) is 0 Å². The topological polar surface area (TPSA) is 200 Å². The van der Waals surface area contributed by atoms with Gasteiger partial charge in [-0.1, -0.05) is 0 Å². The van der Waals surface area contributed by atoms with Crippen LogP contribution in [0, 0.1) is 0 Å². The SMILES string of the molecule is [Al+3].[Al+3].[O-2].[O-2].[O-2].[O-2].[O-2].[O-2].[O-2].[Ti+4].[Ti+4]. The Morgan fingerprint density at radius 3 is 0.273 bits per heavy atom. The van der Waals surface area contributed by atoms with Crippen LogP contribution in [-0.2, 0) is 81.8 Å². The van der Waals surface area contributed by atoms with Gasteiger partial charge in [0.1, 0.15) is 0 Å². The van der Waals surface area contributed by atoms with Gasteiger partial charge in [0.05, 0.1) is 0 Å². The maximum Gasteiger partial charge on any atom is 4.00 e. The summed E-state index contributed by atoms with van der Waals surface area (Å²) >= 11 is 0. The summed E-state index contributed by atoms with van der Waals surface area (Å²) in [6.07, 6.45) is 0. The summed E-state index contributed by atoms with van der Waals surface area (Å²) in [7, 11) is 0. The molecule has 7 nitrogen and oxygen atoms in total. The molecule has 0 N–H and O–H groups in total. The molecule has 0 fully saturated rings. The van der Waals surface area contributed by atoms with Gasteiger partial charge in [-0.2, -0.15) is 0 Å². The van der Waals surface area contributed by atoms with Crippen LogP contribution < -0.4 is 0 Å². The van der Waals surface area contributed by atoms with Crippen molar-refractivity contribution in [3.63, 3.8) is 0 Å². The van der Waals surface area contributed by atoms with Gasteiger partial charge in [-0.3, -0.25) is 0 Å². The quantitative estimate of drug-likeness (QED) is 0.452. The van der Waals surface area contributed by atoms with E-state index in [0.29, 0.717) is 0 Å². The van der Waals surface area contributed by atoms with Crippen LogP contribution in [-0.4, -0.2) is 34.7 Å². The maximum absolute atomic E-state index is 0. The third-order valence-corrected chi connectivity index (χ3v) is 0. The van der Waals surface area contributed by atoms with Crippen LogP contribution in [0.25, 0.3) is 0 Å². The predicted octanol–water partition coefficient (Wildman–Crippen LogP) is -1.60. The fourth-order valence-corrected chi connectivity index (χ4v) is 0. The Morgan fingerprint density at radius 2 is 0.273 bits per heavy atom. The Kier molecular flexibility index (Phi) is 11500. The van der Waals surface area contributed by atoms with E-state index in [-0.39, 0.29) is 116 Å². The average molecular weight is 262 g/mol. The number of hydrogen-bond donors (Lipinski definition) is 0. The largest absolute Gasteiger partial charge is 4.00 e. The first-order chi connectivity index (χ1) is 0. The van der Waals surface area contributed by atoms with E-state index < -0.39 is 0 Å². The fraction of sp³-hybridized carbons (Fsp3) is 0. The van der Waals surface area contributed by atoms with Crippen LogP contribution in [0.2, 0.25) is 0 Å². The summed E-state index contributed by atoms with van der Waals surface area (Å²) in [5.74, 6) is 0. The fourth-order valence-electron chi connectivity index (χ4n) is 0. The molecule has 11 heavy (non-hydrogen) atoms. The molecule has 0 saturated carbocycles. The normalized spacial score (nSPS) is 0.